The maximum Gasteiger partial charge on any atom is 0.0490 e. The summed E-state index contributed by atoms with van der Waals surface area (Å²) in [5.41, 5.74) is 7.58. The molecule has 0 bridgehead atoms. The number of rotatable bonds is 7. The third-order valence-corrected chi connectivity index (χ3v) is 6.26. The Morgan fingerprint density at radius 3 is 2.14 bits per heavy atom. The van der Waals surface area contributed by atoms with Crippen LogP contribution in [0.25, 0.3) is 21.8 Å². The smallest absolute Gasteiger partial charge is 0.0490 e. The van der Waals surface area contributed by atoms with Gasteiger partial charge >= 0.3 is 0 Å². The van der Waals surface area contributed by atoms with Crippen LogP contribution in [-0.2, 0) is 7.05 Å². The SMILES string of the molecule is C=C(/C=C\C(=C/C)N(c1ccccc1)c1ccc2c(c1)c1ccccc1n2C)Nc1ccccc1. The van der Waals surface area contributed by atoms with Gasteiger partial charge < -0.3 is 14.8 Å². The second-order valence-electron chi connectivity index (χ2n) is 8.51. The van der Waals surface area contributed by atoms with Gasteiger partial charge in [0.25, 0.3) is 0 Å². The summed E-state index contributed by atoms with van der Waals surface area (Å²) in [5.74, 6) is 0. The molecule has 1 N–H and O–H groups in total. The third-order valence-electron chi connectivity index (χ3n) is 6.26. The summed E-state index contributed by atoms with van der Waals surface area (Å²) >= 11 is 0. The lowest BCUT2D eigenvalue weighted by molar-refractivity contribution is 1.01. The first-order valence-corrected chi connectivity index (χ1v) is 11.8. The topological polar surface area (TPSA) is 20.2 Å². The fraction of sp³-hybridized carbons (Fsp3) is 0.0625. The Morgan fingerprint density at radius 2 is 1.40 bits per heavy atom. The first-order valence-electron chi connectivity index (χ1n) is 11.8. The van der Waals surface area contributed by atoms with Crippen LogP contribution in [0.3, 0.4) is 0 Å². The number of aryl methyl sites for hydroxylation is 1. The lowest BCUT2D eigenvalue weighted by Gasteiger charge is -2.26. The zero-order chi connectivity index (χ0) is 24.2. The highest BCUT2D eigenvalue weighted by Crippen LogP contribution is 2.36. The van der Waals surface area contributed by atoms with Crippen molar-refractivity contribution in [1.29, 1.82) is 0 Å². The van der Waals surface area contributed by atoms with Gasteiger partial charge in [0, 0.05) is 57.3 Å². The van der Waals surface area contributed by atoms with Gasteiger partial charge in [-0.15, -0.1) is 0 Å². The summed E-state index contributed by atoms with van der Waals surface area (Å²) in [5, 5.41) is 5.87. The summed E-state index contributed by atoms with van der Waals surface area (Å²) in [4.78, 5) is 2.29. The van der Waals surface area contributed by atoms with Crippen LogP contribution in [0, 0.1) is 0 Å². The van der Waals surface area contributed by atoms with Crippen molar-refractivity contribution in [3.05, 3.63) is 139 Å². The van der Waals surface area contributed by atoms with Crippen molar-refractivity contribution in [2.45, 2.75) is 6.92 Å². The van der Waals surface area contributed by atoms with Gasteiger partial charge in [0.15, 0.2) is 0 Å². The molecule has 1 aromatic heterocycles. The molecule has 0 saturated heterocycles. The minimum Gasteiger partial charge on any atom is -0.356 e. The average molecular weight is 456 g/mol. The molecule has 0 aliphatic rings. The number of benzene rings is 4. The summed E-state index contributed by atoms with van der Waals surface area (Å²) in [6.07, 6.45) is 6.26. The Hall–Kier alpha value is -4.50. The van der Waals surface area contributed by atoms with Gasteiger partial charge in [0.2, 0.25) is 0 Å². The summed E-state index contributed by atoms with van der Waals surface area (Å²) in [7, 11) is 2.13. The Balaban J connectivity index is 1.55. The molecule has 172 valence electrons. The van der Waals surface area contributed by atoms with Crippen molar-refractivity contribution in [3.63, 3.8) is 0 Å². The molecule has 35 heavy (non-hydrogen) atoms. The molecule has 0 aliphatic carbocycles. The predicted molar refractivity (Wildman–Crippen MR) is 151 cm³/mol. The lowest BCUT2D eigenvalue weighted by atomic mass is 10.1. The van der Waals surface area contributed by atoms with Crippen LogP contribution in [0.5, 0.6) is 0 Å². The molecule has 5 aromatic rings. The second kappa shape index (κ2) is 9.78. The molecule has 5 rings (SSSR count). The van der Waals surface area contributed by atoms with E-state index in [1.54, 1.807) is 0 Å². The van der Waals surface area contributed by atoms with Crippen molar-refractivity contribution in [1.82, 2.24) is 4.57 Å². The standard InChI is InChI=1S/C32H29N3/c1-4-26(20-19-24(2)33-25-13-7-5-8-14-25)35(27-15-9-6-10-16-27)28-21-22-32-30(23-28)29-17-11-12-18-31(29)34(32)3/h4-23,33H,2H2,1,3H3/b20-19-,26-4+. The van der Waals surface area contributed by atoms with Crippen LogP contribution in [0.4, 0.5) is 17.1 Å². The number of aromatic nitrogens is 1. The van der Waals surface area contributed by atoms with Crippen LogP contribution in [0.2, 0.25) is 0 Å². The molecule has 0 atom stereocenters. The number of hydrogen-bond donors (Lipinski definition) is 1. The minimum atomic E-state index is 0.827. The Bertz CT molecular complexity index is 1540. The van der Waals surface area contributed by atoms with Crippen LogP contribution in [-0.4, -0.2) is 4.57 Å². The maximum atomic E-state index is 4.19. The van der Waals surface area contributed by atoms with Crippen LogP contribution < -0.4 is 10.2 Å². The number of allylic oxidation sites excluding steroid dienone is 3. The predicted octanol–water partition coefficient (Wildman–Crippen LogP) is 8.56. The van der Waals surface area contributed by atoms with Crippen molar-refractivity contribution in [2.24, 2.45) is 7.05 Å². The van der Waals surface area contributed by atoms with E-state index in [1.165, 1.54) is 21.8 Å². The molecular weight excluding hydrogens is 426 g/mol. The number of hydrogen-bond acceptors (Lipinski definition) is 2. The van der Waals surface area contributed by atoms with Gasteiger partial charge in [-0.05, 0) is 67.6 Å². The molecule has 0 spiro atoms. The molecule has 3 nitrogen and oxygen atoms in total. The molecule has 0 unspecified atom stereocenters. The lowest BCUT2D eigenvalue weighted by Crippen LogP contribution is -2.15. The maximum absolute atomic E-state index is 4.19. The van der Waals surface area contributed by atoms with Gasteiger partial charge in [0.05, 0.1) is 0 Å². The summed E-state index contributed by atoms with van der Waals surface area (Å²) < 4.78 is 2.26. The van der Waals surface area contributed by atoms with Crippen molar-refractivity contribution >= 4 is 38.9 Å². The van der Waals surface area contributed by atoms with Gasteiger partial charge in [0.1, 0.15) is 0 Å². The van der Waals surface area contributed by atoms with Crippen molar-refractivity contribution in [2.75, 3.05) is 10.2 Å². The molecule has 3 heteroatoms. The quantitative estimate of drug-likeness (QED) is 0.248. The van der Waals surface area contributed by atoms with E-state index < -0.39 is 0 Å². The van der Waals surface area contributed by atoms with Gasteiger partial charge in [-0.25, -0.2) is 0 Å². The van der Waals surface area contributed by atoms with E-state index in [1.807, 2.05) is 42.5 Å². The monoisotopic (exact) mass is 455 g/mol. The molecule has 0 fully saturated rings. The molecular formula is C32H29N3. The molecule has 0 radical (unpaired) electrons. The second-order valence-corrected chi connectivity index (χ2v) is 8.51. The average Bonchev–Trinajstić information content (AvgIpc) is 3.19. The number of para-hydroxylation sites is 3. The molecule has 4 aromatic carbocycles. The normalized spacial score (nSPS) is 11.9. The van der Waals surface area contributed by atoms with Gasteiger partial charge in [-0.1, -0.05) is 67.3 Å². The van der Waals surface area contributed by atoms with Gasteiger partial charge in [-0.3, -0.25) is 0 Å². The zero-order valence-electron chi connectivity index (χ0n) is 20.1. The van der Waals surface area contributed by atoms with Crippen molar-refractivity contribution in [3.8, 4) is 0 Å². The minimum absolute atomic E-state index is 0.827. The molecule has 0 aliphatic heterocycles. The summed E-state index contributed by atoms with van der Waals surface area (Å²) in [6.45, 7) is 6.26. The van der Waals surface area contributed by atoms with Crippen LogP contribution in [0.15, 0.2) is 139 Å². The van der Waals surface area contributed by atoms with Crippen LogP contribution >= 0.6 is 0 Å². The number of nitrogens with zero attached hydrogens (tertiary/aromatic N) is 2. The Labute approximate surface area is 206 Å². The number of anilines is 3. The van der Waals surface area contributed by atoms with Crippen LogP contribution in [0.1, 0.15) is 6.92 Å². The summed E-state index contributed by atoms with van der Waals surface area (Å²) in [6, 6.07) is 35.9. The van der Waals surface area contributed by atoms with E-state index in [9.17, 15) is 0 Å². The Morgan fingerprint density at radius 1 is 0.743 bits per heavy atom. The third kappa shape index (κ3) is 4.49. The van der Waals surface area contributed by atoms with E-state index in [-0.39, 0.29) is 0 Å². The highest BCUT2D eigenvalue weighted by atomic mass is 15.1. The zero-order valence-corrected chi connectivity index (χ0v) is 20.1. The Kier molecular flexibility index (Phi) is 6.23. The highest BCUT2D eigenvalue weighted by molar-refractivity contribution is 6.09. The van der Waals surface area contributed by atoms with E-state index in [0.29, 0.717) is 0 Å². The van der Waals surface area contributed by atoms with Crippen molar-refractivity contribution < 1.29 is 0 Å². The largest absolute Gasteiger partial charge is 0.356 e. The first kappa shape index (κ1) is 22.3. The van der Waals surface area contributed by atoms with E-state index >= 15 is 0 Å². The van der Waals surface area contributed by atoms with E-state index in [4.69, 9.17) is 0 Å². The first-order chi connectivity index (χ1) is 17.2. The molecule has 0 saturated carbocycles. The molecule has 0 amide bonds. The highest BCUT2D eigenvalue weighted by Gasteiger charge is 2.15. The number of nitrogens with one attached hydrogen (secondary N) is 1. The fourth-order valence-electron chi connectivity index (χ4n) is 4.55. The molecule has 1 heterocycles. The van der Waals surface area contributed by atoms with Gasteiger partial charge in [-0.2, -0.15) is 0 Å². The van der Waals surface area contributed by atoms with E-state index in [0.717, 1.165) is 28.5 Å². The fourth-order valence-corrected chi connectivity index (χ4v) is 4.55. The number of fused-ring (bicyclic) bond motifs is 3. The van der Waals surface area contributed by atoms with E-state index in [2.05, 4.69) is 114 Å².